The van der Waals surface area contributed by atoms with E-state index < -0.39 is 6.16 Å². The molecule has 0 spiro atoms. The fourth-order valence-corrected chi connectivity index (χ4v) is 0.292. The molecule has 1 heterocycles. The van der Waals surface area contributed by atoms with Crippen molar-refractivity contribution < 1.29 is 31.0 Å². The minimum atomic E-state index is -0.546. The Morgan fingerprint density at radius 1 is 1.25 bits per heavy atom. The van der Waals surface area contributed by atoms with Crippen LogP contribution < -0.4 is 0 Å². The van der Waals surface area contributed by atoms with Gasteiger partial charge in [0.1, 0.15) is 13.2 Å². The van der Waals surface area contributed by atoms with Crippen molar-refractivity contribution in [2.24, 2.45) is 0 Å². The Balaban J connectivity index is -0.000000128. The van der Waals surface area contributed by atoms with Crippen LogP contribution in [0.5, 0.6) is 0 Å². The fraction of sp³-hybridized carbons (Fsp3) is 0.833. The molecule has 0 radical (unpaired) electrons. The molecule has 0 aromatic carbocycles. The molecule has 1 saturated heterocycles. The van der Waals surface area contributed by atoms with E-state index >= 15 is 0 Å². The maximum absolute atomic E-state index is 9.80. The molecule has 0 unspecified atom stereocenters. The molecule has 6 heteroatoms. The van der Waals surface area contributed by atoms with Crippen LogP contribution in [0.4, 0.5) is 4.79 Å². The Morgan fingerprint density at radius 3 is 1.67 bits per heavy atom. The van der Waals surface area contributed by atoms with Crippen LogP contribution in [0.15, 0.2) is 0 Å². The lowest BCUT2D eigenvalue weighted by Crippen LogP contribution is -1.88. The van der Waals surface area contributed by atoms with Crippen LogP contribution in [0, 0.1) is 0 Å². The molecule has 1 fully saturated rings. The number of hydrogen-bond acceptors (Lipinski definition) is 6. The number of ether oxygens (including phenoxy) is 2. The molecule has 76 valence electrons. The molecule has 0 atom stereocenters. The van der Waals surface area contributed by atoms with E-state index in [1.54, 1.807) is 0 Å². The highest BCUT2D eigenvalue weighted by molar-refractivity contribution is 5.61. The summed E-state index contributed by atoms with van der Waals surface area (Å²) in [5, 5.41) is 22.2. The summed E-state index contributed by atoms with van der Waals surface area (Å²) in [4.78, 5) is 9.80. The number of carbonyl (C=O) groups excluding carboxylic acids is 1. The summed E-state index contributed by atoms with van der Waals surface area (Å²) in [6.07, 6.45) is -0.546. The minimum Gasteiger partial charge on any atom is -0.431 e. The lowest BCUT2D eigenvalue weighted by atomic mass is 10.8. The zero-order valence-corrected chi connectivity index (χ0v) is 6.89. The van der Waals surface area contributed by atoms with Crippen molar-refractivity contribution in [1.82, 2.24) is 0 Å². The summed E-state index contributed by atoms with van der Waals surface area (Å²) in [7, 11) is 1.00. The largest absolute Gasteiger partial charge is 0.508 e. The van der Waals surface area contributed by atoms with Crippen LogP contribution in [0.2, 0.25) is 0 Å². The fourth-order valence-electron chi connectivity index (χ4n) is 0.292. The van der Waals surface area contributed by atoms with E-state index in [0.717, 1.165) is 7.11 Å². The molecule has 12 heavy (non-hydrogen) atoms. The quantitative estimate of drug-likeness (QED) is 0.451. The van der Waals surface area contributed by atoms with Gasteiger partial charge in [0.05, 0.1) is 13.2 Å². The highest BCUT2D eigenvalue weighted by atomic mass is 16.8. The van der Waals surface area contributed by atoms with E-state index in [1.807, 2.05) is 0 Å². The summed E-state index contributed by atoms with van der Waals surface area (Å²) in [5.74, 6) is 0. The zero-order valence-electron chi connectivity index (χ0n) is 6.89. The molecular weight excluding hydrogens is 168 g/mol. The second-order valence-corrected chi connectivity index (χ2v) is 1.39. The van der Waals surface area contributed by atoms with E-state index in [9.17, 15) is 4.79 Å². The van der Waals surface area contributed by atoms with E-state index in [2.05, 4.69) is 9.47 Å². The predicted octanol–water partition coefficient (Wildman–Crippen LogP) is -1.02. The lowest BCUT2D eigenvalue weighted by molar-refractivity contribution is 0.131. The van der Waals surface area contributed by atoms with E-state index in [-0.39, 0.29) is 14.6 Å². The third kappa shape index (κ3) is 11.9. The van der Waals surface area contributed by atoms with E-state index in [1.165, 1.54) is 0 Å². The van der Waals surface area contributed by atoms with Gasteiger partial charge in [0.2, 0.25) is 0 Å². The van der Waals surface area contributed by atoms with Gasteiger partial charge in [0, 0.05) is 8.54 Å². The molecular formula is C6H16O6. The van der Waals surface area contributed by atoms with Gasteiger partial charge >= 0.3 is 6.16 Å². The minimum absolute atomic E-state index is 0. The van der Waals surface area contributed by atoms with Crippen LogP contribution in [-0.4, -0.2) is 55.0 Å². The standard InChI is InChI=1S/C3H4O3.C2H6O2.CH4O.H2/c4-3-5-1-2-6-3;3-1-2-4;1-2;/h1-2H2;3-4H,1-2H2;2H,1H3;1H. The second kappa shape index (κ2) is 12.8. The highest BCUT2D eigenvalue weighted by Gasteiger charge is 2.09. The molecule has 0 bridgehead atoms. The maximum atomic E-state index is 9.80. The third-order valence-electron chi connectivity index (χ3n) is 0.623. The Bertz CT molecular complexity index is 89.1. The summed E-state index contributed by atoms with van der Waals surface area (Å²) in [6.45, 7) is 0.581. The first kappa shape index (κ1) is 13.7. The smallest absolute Gasteiger partial charge is 0.431 e. The van der Waals surface area contributed by atoms with Gasteiger partial charge in [-0.3, -0.25) is 0 Å². The topological polar surface area (TPSA) is 96.2 Å². The molecule has 1 aliphatic rings. The highest BCUT2D eigenvalue weighted by Crippen LogP contribution is 1.92. The molecule has 0 amide bonds. The third-order valence-corrected chi connectivity index (χ3v) is 0.623. The first-order valence-electron chi connectivity index (χ1n) is 3.27. The summed E-state index contributed by atoms with van der Waals surface area (Å²) >= 11 is 0. The average Bonchev–Trinajstić information content (AvgIpc) is 2.60. The SMILES string of the molecule is CO.O=C1OCCO1.OCCO.[HH]. The number of aliphatic hydroxyl groups excluding tert-OH is 3. The van der Waals surface area contributed by atoms with Gasteiger partial charge in [-0.1, -0.05) is 0 Å². The van der Waals surface area contributed by atoms with Crippen LogP contribution in [0.25, 0.3) is 0 Å². The Kier molecular flexibility index (Phi) is 14.6. The molecule has 0 aromatic heterocycles. The molecule has 6 nitrogen and oxygen atoms in total. The zero-order chi connectivity index (χ0) is 9.82. The first-order valence-corrected chi connectivity index (χ1v) is 3.27. The number of carbonyl (C=O) groups is 1. The molecule has 1 aliphatic heterocycles. The molecule has 3 N–H and O–H groups in total. The molecule has 0 saturated carbocycles. The monoisotopic (exact) mass is 184 g/mol. The van der Waals surface area contributed by atoms with Gasteiger partial charge < -0.3 is 24.8 Å². The van der Waals surface area contributed by atoms with E-state index in [4.69, 9.17) is 15.3 Å². The Hall–Kier alpha value is -0.850. The van der Waals surface area contributed by atoms with Crippen molar-refractivity contribution in [3.8, 4) is 0 Å². The van der Waals surface area contributed by atoms with Crippen molar-refractivity contribution in [3.63, 3.8) is 0 Å². The first-order chi connectivity index (χ1) is 5.81. The summed E-state index contributed by atoms with van der Waals surface area (Å²) in [5.41, 5.74) is 0. The van der Waals surface area contributed by atoms with Crippen LogP contribution in [0.3, 0.4) is 0 Å². The average molecular weight is 184 g/mol. The number of hydrogen-bond donors (Lipinski definition) is 3. The summed E-state index contributed by atoms with van der Waals surface area (Å²) in [6, 6.07) is 0. The second-order valence-electron chi connectivity index (χ2n) is 1.39. The normalized spacial score (nSPS) is 12.8. The molecule has 1 rings (SSSR count). The maximum Gasteiger partial charge on any atom is 0.508 e. The van der Waals surface area contributed by atoms with Crippen LogP contribution in [-0.2, 0) is 9.47 Å². The lowest BCUT2D eigenvalue weighted by Gasteiger charge is -1.78. The number of rotatable bonds is 1. The van der Waals surface area contributed by atoms with E-state index in [0.29, 0.717) is 13.2 Å². The Morgan fingerprint density at radius 2 is 1.58 bits per heavy atom. The molecule has 0 aromatic rings. The number of cyclic esters (lactones) is 2. The number of aliphatic hydroxyl groups is 3. The van der Waals surface area contributed by atoms with Gasteiger partial charge in [0.15, 0.2) is 0 Å². The van der Waals surface area contributed by atoms with Crippen molar-refractivity contribution in [2.75, 3.05) is 33.5 Å². The van der Waals surface area contributed by atoms with Crippen LogP contribution >= 0.6 is 0 Å². The van der Waals surface area contributed by atoms with Crippen molar-refractivity contribution in [3.05, 3.63) is 0 Å². The van der Waals surface area contributed by atoms with Crippen molar-refractivity contribution in [1.29, 1.82) is 0 Å². The van der Waals surface area contributed by atoms with Gasteiger partial charge in [-0.05, 0) is 0 Å². The van der Waals surface area contributed by atoms with Gasteiger partial charge in [-0.25, -0.2) is 4.79 Å². The summed E-state index contributed by atoms with van der Waals surface area (Å²) < 4.78 is 8.58. The van der Waals surface area contributed by atoms with Gasteiger partial charge in [0.25, 0.3) is 0 Å². The van der Waals surface area contributed by atoms with Gasteiger partial charge in [-0.15, -0.1) is 0 Å². The van der Waals surface area contributed by atoms with Gasteiger partial charge in [-0.2, -0.15) is 0 Å². The van der Waals surface area contributed by atoms with Crippen molar-refractivity contribution >= 4 is 6.16 Å². The van der Waals surface area contributed by atoms with Crippen LogP contribution in [0.1, 0.15) is 1.43 Å². The Labute approximate surface area is 71.8 Å². The van der Waals surface area contributed by atoms with Crippen molar-refractivity contribution in [2.45, 2.75) is 0 Å². The molecule has 0 aliphatic carbocycles. The predicted molar refractivity (Wildman–Crippen MR) is 41.7 cm³/mol.